The maximum Gasteiger partial charge on any atom is 0.253 e. The van der Waals surface area contributed by atoms with Crippen LogP contribution in [0, 0.1) is 0 Å². The number of methoxy groups -OCH3 is 1. The summed E-state index contributed by atoms with van der Waals surface area (Å²) in [5, 5.41) is 2.85. The summed E-state index contributed by atoms with van der Waals surface area (Å²) in [6.07, 6.45) is 3.35. The molecule has 1 aromatic heterocycles. The molecule has 0 saturated carbocycles. The normalized spacial score (nSPS) is 14.0. The Kier molecular flexibility index (Phi) is 6.27. The highest BCUT2D eigenvalue weighted by Gasteiger charge is 2.14. The van der Waals surface area contributed by atoms with Crippen molar-refractivity contribution in [1.82, 2.24) is 10.3 Å². The first kappa shape index (κ1) is 18.0. The fraction of sp³-hybridized carbons (Fsp3) is 0.368. The summed E-state index contributed by atoms with van der Waals surface area (Å²) in [6, 6.07) is 9.18. The SMILES string of the molecule is COc1ccc(OCCNC(=O)c2cncc(N3CCOCC3)c2)cc1. The maximum atomic E-state index is 12.3. The van der Waals surface area contributed by atoms with Crippen LogP contribution in [0.2, 0.25) is 0 Å². The van der Waals surface area contributed by atoms with E-state index in [1.54, 1.807) is 19.5 Å². The number of nitrogens with zero attached hydrogens (tertiary/aromatic N) is 2. The van der Waals surface area contributed by atoms with E-state index in [-0.39, 0.29) is 5.91 Å². The molecule has 7 nitrogen and oxygen atoms in total. The zero-order valence-corrected chi connectivity index (χ0v) is 14.8. The highest BCUT2D eigenvalue weighted by atomic mass is 16.5. The van der Waals surface area contributed by atoms with E-state index in [9.17, 15) is 4.79 Å². The van der Waals surface area contributed by atoms with Crippen LogP contribution in [0.25, 0.3) is 0 Å². The summed E-state index contributed by atoms with van der Waals surface area (Å²) in [4.78, 5) is 18.7. The Hall–Kier alpha value is -2.80. The summed E-state index contributed by atoms with van der Waals surface area (Å²) in [5.74, 6) is 1.35. The summed E-state index contributed by atoms with van der Waals surface area (Å²) in [6.45, 7) is 3.80. The second kappa shape index (κ2) is 9.05. The smallest absolute Gasteiger partial charge is 0.253 e. The van der Waals surface area contributed by atoms with Gasteiger partial charge in [-0.05, 0) is 30.3 Å². The van der Waals surface area contributed by atoms with Gasteiger partial charge in [0.2, 0.25) is 0 Å². The highest BCUT2D eigenvalue weighted by molar-refractivity contribution is 5.94. The number of aromatic nitrogens is 1. The Morgan fingerprint density at radius 2 is 1.92 bits per heavy atom. The lowest BCUT2D eigenvalue weighted by molar-refractivity contribution is 0.0946. The fourth-order valence-corrected chi connectivity index (χ4v) is 2.65. The first-order chi connectivity index (χ1) is 12.8. The lowest BCUT2D eigenvalue weighted by atomic mass is 10.2. The molecule has 138 valence electrons. The Bertz CT molecular complexity index is 715. The Labute approximate surface area is 152 Å². The summed E-state index contributed by atoms with van der Waals surface area (Å²) in [5.41, 5.74) is 1.48. The van der Waals surface area contributed by atoms with E-state index in [2.05, 4.69) is 15.2 Å². The second-order valence-corrected chi connectivity index (χ2v) is 5.81. The molecule has 0 bridgehead atoms. The van der Waals surface area contributed by atoms with Gasteiger partial charge in [-0.3, -0.25) is 9.78 Å². The van der Waals surface area contributed by atoms with Crippen molar-refractivity contribution < 1.29 is 19.0 Å². The quantitative estimate of drug-likeness (QED) is 0.761. The van der Waals surface area contributed by atoms with Crippen LogP contribution in [0.3, 0.4) is 0 Å². The standard InChI is InChI=1S/C19H23N3O4/c1-24-17-2-4-18(5-3-17)26-9-6-21-19(23)15-12-16(14-20-13-15)22-7-10-25-11-8-22/h2-5,12-14H,6-11H2,1H3,(H,21,23). The van der Waals surface area contributed by atoms with Crippen molar-refractivity contribution in [3.8, 4) is 11.5 Å². The molecular formula is C19H23N3O4. The van der Waals surface area contributed by atoms with E-state index >= 15 is 0 Å². The van der Waals surface area contributed by atoms with Crippen molar-refractivity contribution >= 4 is 11.6 Å². The minimum atomic E-state index is -0.161. The van der Waals surface area contributed by atoms with Crippen LogP contribution in [0.15, 0.2) is 42.7 Å². The monoisotopic (exact) mass is 357 g/mol. The number of amides is 1. The van der Waals surface area contributed by atoms with Crippen LogP contribution in [-0.2, 0) is 4.74 Å². The summed E-state index contributed by atoms with van der Waals surface area (Å²) < 4.78 is 16.1. The molecule has 0 spiro atoms. The van der Waals surface area contributed by atoms with Crippen molar-refractivity contribution in [3.05, 3.63) is 48.3 Å². The Balaban J connectivity index is 1.47. The maximum absolute atomic E-state index is 12.3. The molecule has 2 aromatic rings. The van der Waals surface area contributed by atoms with E-state index < -0.39 is 0 Å². The van der Waals surface area contributed by atoms with Gasteiger partial charge in [0.25, 0.3) is 5.91 Å². The van der Waals surface area contributed by atoms with Gasteiger partial charge in [0, 0.05) is 19.3 Å². The number of ether oxygens (including phenoxy) is 3. The molecule has 0 aliphatic carbocycles. The molecule has 0 radical (unpaired) electrons. The predicted octanol–water partition coefficient (Wildman–Crippen LogP) is 1.74. The molecule has 1 amide bonds. The van der Waals surface area contributed by atoms with Crippen LogP contribution in [0.4, 0.5) is 5.69 Å². The Morgan fingerprint density at radius 3 is 2.65 bits per heavy atom. The van der Waals surface area contributed by atoms with Crippen molar-refractivity contribution in [2.75, 3.05) is 51.5 Å². The zero-order valence-electron chi connectivity index (χ0n) is 14.8. The van der Waals surface area contributed by atoms with E-state index in [1.807, 2.05) is 30.3 Å². The molecule has 2 heterocycles. The molecule has 3 rings (SSSR count). The molecule has 1 aromatic carbocycles. The number of carbonyl (C=O) groups excluding carboxylic acids is 1. The molecule has 0 unspecified atom stereocenters. The van der Waals surface area contributed by atoms with Crippen molar-refractivity contribution in [2.45, 2.75) is 0 Å². The average Bonchev–Trinajstić information content (AvgIpc) is 2.72. The fourth-order valence-electron chi connectivity index (χ4n) is 2.65. The van der Waals surface area contributed by atoms with E-state index in [0.717, 1.165) is 30.3 Å². The topological polar surface area (TPSA) is 72.9 Å². The molecule has 1 fully saturated rings. The molecule has 1 aliphatic heterocycles. The number of nitrogens with one attached hydrogen (secondary N) is 1. The third-order valence-electron chi connectivity index (χ3n) is 4.08. The second-order valence-electron chi connectivity index (χ2n) is 5.81. The number of anilines is 1. The summed E-state index contributed by atoms with van der Waals surface area (Å²) in [7, 11) is 1.62. The highest BCUT2D eigenvalue weighted by Crippen LogP contribution is 2.17. The van der Waals surface area contributed by atoms with Gasteiger partial charge >= 0.3 is 0 Å². The third kappa shape index (κ3) is 4.86. The van der Waals surface area contributed by atoms with Gasteiger partial charge in [0.05, 0.1) is 44.3 Å². The van der Waals surface area contributed by atoms with Crippen LogP contribution in [-0.4, -0.2) is 57.5 Å². The number of hydrogen-bond acceptors (Lipinski definition) is 6. The Morgan fingerprint density at radius 1 is 1.19 bits per heavy atom. The number of carbonyl (C=O) groups is 1. The number of pyridine rings is 1. The first-order valence-corrected chi connectivity index (χ1v) is 8.59. The van der Waals surface area contributed by atoms with Gasteiger partial charge < -0.3 is 24.4 Å². The molecule has 7 heteroatoms. The van der Waals surface area contributed by atoms with Crippen molar-refractivity contribution in [1.29, 1.82) is 0 Å². The van der Waals surface area contributed by atoms with Crippen LogP contribution in [0.1, 0.15) is 10.4 Å². The average molecular weight is 357 g/mol. The minimum absolute atomic E-state index is 0.161. The molecule has 1 N–H and O–H groups in total. The van der Waals surface area contributed by atoms with Gasteiger partial charge in [-0.1, -0.05) is 0 Å². The van der Waals surface area contributed by atoms with Crippen molar-refractivity contribution in [2.24, 2.45) is 0 Å². The number of benzene rings is 1. The molecule has 1 aliphatic rings. The van der Waals surface area contributed by atoms with Gasteiger partial charge in [0.15, 0.2) is 0 Å². The molecule has 1 saturated heterocycles. The molecular weight excluding hydrogens is 334 g/mol. The zero-order chi connectivity index (χ0) is 18.2. The predicted molar refractivity (Wildman–Crippen MR) is 98.1 cm³/mol. The van der Waals surface area contributed by atoms with Crippen molar-refractivity contribution in [3.63, 3.8) is 0 Å². The number of morpholine rings is 1. The first-order valence-electron chi connectivity index (χ1n) is 8.59. The van der Waals surface area contributed by atoms with E-state index in [1.165, 1.54) is 0 Å². The van der Waals surface area contributed by atoms with E-state index in [0.29, 0.717) is 31.9 Å². The van der Waals surface area contributed by atoms with Crippen LogP contribution in [0.5, 0.6) is 11.5 Å². The third-order valence-corrected chi connectivity index (χ3v) is 4.08. The van der Waals surface area contributed by atoms with Crippen LogP contribution < -0.4 is 19.7 Å². The van der Waals surface area contributed by atoms with E-state index in [4.69, 9.17) is 14.2 Å². The number of hydrogen-bond donors (Lipinski definition) is 1. The summed E-state index contributed by atoms with van der Waals surface area (Å²) >= 11 is 0. The van der Waals surface area contributed by atoms with Gasteiger partial charge in [-0.25, -0.2) is 0 Å². The molecule has 26 heavy (non-hydrogen) atoms. The number of rotatable bonds is 7. The lowest BCUT2D eigenvalue weighted by Crippen LogP contribution is -2.36. The largest absolute Gasteiger partial charge is 0.497 e. The minimum Gasteiger partial charge on any atom is -0.497 e. The van der Waals surface area contributed by atoms with Gasteiger partial charge in [0.1, 0.15) is 18.1 Å². The molecule has 0 atom stereocenters. The van der Waals surface area contributed by atoms with Gasteiger partial charge in [-0.15, -0.1) is 0 Å². The van der Waals surface area contributed by atoms with Gasteiger partial charge in [-0.2, -0.15) is 0 Å². The lowest BCUT2D eigenvalue weighted by Gasteiger charge is -2.28. The van der Waals surface area contributed by atoms with Crippen LogP contribution >= 0.6 is 0 Å².